The predicted molar refractivity (Wildman–Crippen MR) is 84.7 cm³/mol. The van der Waals surface area contributed by atoms with Crippen molar-refractivity contribution in [2.24, 2.45) is 5.92 Å². The first-order chi connectivity index (χ1) is 9.80. The number of alkyl halides is 1. The van der Waals surface area contributed by atoms with Crippen molar-refractivity contribution < 1.29 is 17.9 Å². The van der Waals surface area contributed by atoms with E-state index in [1.54, 1.807) is 12.1 Å². The third kappa shape index (κ3) is 5.41. The van der Waals surface area contributed by atoms with Gasteiger partial charge in [0.2, 0.25) is 10.0 Å². The van der Waals surface area contributed by atoms with Gasteiger partial charge in [-0.25, -0.2) is 8.42 Å². The van der Waals surface area contributed by atoms with Crippen molar-refractivity contribution in [2.75, 3.05) is 7.11 Å². The van der Waals surface area contributed by atoms with Gasteiger partial charge in [-0.3, -0.25) is 4.79 Å². The largest absolute Gasteiger partial charge is 0.468 e. The fourth-order valence-electron chi connectivity index (χ4n) is 1.82. The number of hydrogen-bond acceptors (Lipinski definition) is 4. The highest BCUT2D eigenvalue weighted by Crippen LogP contribution is 2.15. The lowest BCUT2D eigenvalue weighted by Gasteiger charge is -2.18. The van der Waals surface area contributed by atoms with Crippen molar-refractivity contribution >= 4 is 31.9 Å². The number of sulfonamides is 1. The fourth-order valence-corrected chi connectivity index (χ4v) is 3.39. The molecule has 0 heterocycles. The van der Waals surface area contributed by atoms with E-state index in [0.29, 0.717) is 11.8 Å². The third-order valence-electron chi connectivity index (χ3n) is 2.88. The van der Waals surface area contributed by atoms with E-state index in [1.165, 1.54) is 19.2 Å². The van der Waals surface area contributed by atoms with Gasteiger partial charge in [0.1, 0.15) is 6.04 Å². The molecule has 0 aliphatic rings. The van der Waals surface area contributed by atoms with Crippen molar-refractivity contribution in [3.63, 3.8) is 0 Å². The van der Waals surface area contributed by atoms with Gasteiger partial charge in [-0.1, -0.05) is 41.9 Å². The van der Waals surface area contributed by atoms with E-state index < -0.39 is 22.0 Å². The Bertz CT molecular complexity index is 569. The highest BCUT2D eigenvalue weighted by molar-refractivity contribution is 9.08. The van der Waals surface area contributed by atoms with Crippen molar-refractivity contribution in [1.29, 1.82) is 0 Å². The zero-order chi connectivity index (χ0) is 16.0. The minimum Gasteiger partial charge on any atom is -0.468 e. The Balaban J connectivity index is 2.96. The number of carbonyl (C=O) groups excluding carboxylic acids is 1. The summed E-state index contributed by atoms with van der Waals surface area (Å²) in [6, 6.07) is 5.60. The molecule has 5 nitrogen and oxygen atoms in total. The molecule has 1 rings (SSSR count). The summed E-state index contributed by atoms with van der Waals surface area (Å²) in [7, 11) is -2.51. The Morgan fingerprint density at radius 1 is 1.29 bits per heavy atom. The molecule has 7 heteroatoms. The number of nitrogens with one attached hydrogen (secondary N) is 1. The minimum absolute atomic E-state index is 0.129. The normalized spacial score (nSPS) is 13.2. The highest BCUT2D eigenvalue weighted by Gasteiger charge is 2.27. The van der Waals surface area contributed by atoms with E-state index in [-0.39, 0.29) is 10.8 Å². The molecule has 0 amide bonds. The van der Waals surface area contributed by atoms with E-state index in [9.17, 15) is 13.2 Å². The monoisotopic (exact) mass is 377 g/mol. The second kappa shape index (κ2) is 7.91. The van der Waals surface area contributed by atoms with Crippen molar-refractivity contribution in [2.45, 2.75) is 36.5 Å². The quantitative estimate of drug-likeness (QED) is 0.584. The number of carbonyl (C=O) groups is 1. The lowest BCUT2D eigenvalue weighted by molar-refractivity contribution is -0.143. The molecule has 21 heavy (non-hydrogen) atoms. The first-order valence-corrected chi connectivity index (χ1v) is 9.15. The van der Waals surface area contributed by atoms with E-state index in [4.69, 9.17) is 0 Å². The van der Waals surface area contributed by atoms with Gasteiger partial charge < -0.3 is 4.74 Å². The number of hydrogen-bond donors (Lipinski definition) is 1. The molecular weight excluding hydrogens is 358 g/mol. The zero-order valence-electron chi connectivity index (χ0n) is 12.3. The standard InChI is InChI=1S/C14H20BrNO4S/c1-10(2)8-13(14(17)20-3)16-21(18,19)12-6-4-11(9-15)5-7-12/h4-7,10,13,16H,8-9H2,1-3H3. The minimum atomic E-state index is -3.75. The predicted octanol–water partition coefficient (Wildman–Crippen LogP) is 2.45. The highest BCUT2D eigenvalue weighted by atomic mass is 79.9. The first-order valence-electron chi connectivity index (χ1n) is 6.55. The van der Waals surface area contributed by atoms with Crippen LogP contribution in [0.1, 0.15) is 25.8 Å². The second-order valence-electron chi connectivity index (χ2n) is 5.10. The lowest BCUT2D eigenvalue weighted by atomic mass is 10.1. The molecule has 1 aromatic carbocycles. The first kappa shape index (κ1) is 18.1. The number of esters is 1. The summed E-state index contributed by atoms with van der Waals surface area (Å²) in [5, 5.41) is 0.652. The molecular formula is C14H20BrNO4S. The van der Waals surface area contributed by atoms with Crippen LogP contribution in [0.25, 0.3) is 0 Å². The van der Waals surface area contributed by atoms with Gasteiger partial charge in [0, 0.05) is 5.33 Å². The molecule has 0 aromatic heterocycles. The molecule has 0 saturated carbocycles. The number of rotatable bonds is 7. The molecule has 0 bridgehead atoms. The van der Waals surface area contributed by atoms with Crippen LogP contribution in [0, 0.1) is 5.92 Å². The van der Waals surface area contributed by atoms with Gasteiger partial charge in [-0.05, 0) is 30.0 Å². The smallest absolute Gasteiger partial charge is 0.323 e. The summed E-state index contributed by atoms with van der Waals surface area (Å²) in [5.41, 5.74) is 0.973. The second-order valence-corrected chi connectivity index (χ2v) is 7.38. The molecule has 0 aliphatic carbocycles. The Kier molecular flexibility index (Phi) is 6.83. The molecule has 0 radical (unpaired) electrons. The van der Waals surface area contributed by atoms with Crippen LogP contribution in [0.15, 0.2) is 29.2 Å². The number of methoxy groups -OCH3 is 1. The van der Waals surface area contributed by atoms with Crippen LogP contribution in [0.3, 0.4) is 0 Å². The van der Waals surface area contributed by atoms with Crippen LogP contribution in [-0.4, -0.2) is 27.5 Å². The van der Waals surface area contributed by atoms with Crippen molar-refractivity contribution in [3.05, 3.63) is 29.8 Å². The maximum atomic E-state index is 12.3. The summed E-state index contributed by atoms with van der Waals surface area (Å²) >= 11 is 3.30. The summed E-state index contributed by atoms with van der Waals surface area (Å²) in [6.45, 7) is 3.82. The Morgan fingerprint density at radius 3 is 2.29 bits per heavy atom. The molecule has 0 fully saturated rings. The van der Waals surface area contributed by atoms with Gasteiger partial charge in [-0.15, -0.1) is 0 Å². The summed E-state index contributed by atoms with van der Waals surface area (Å²) < 4.78 is 31.7. The number of benzene rings is 1. The maximum absolute atomic E-state index is 12.3. The molecule has 1 unspecified atom stereocenters. The Morgan fingerprint density at radius 2 is 1.86 bits per heavy atom. The van der Waals surface area contributed by atoms with Crippen LogP contribution in [0.2, 0.25) is 0 Å². The van der Waals surface area contributed by atoms with Crippen LogP contribution in [0.5, 0.6) is 0 Å². The summed E-state index contributed by atoms with van der Waals surface area (Å²) in [4.78, 5) is 11.8. The molecule has 0 spiro atoms. The van der Waals surface area contributed by atoms with Crippen LogP contribution >= 0.6 is 15.9 Å². The number of ether oxygens (including phenoxy) is 1. The topological polar surface area (TPSA) is 72.5 Å². The van der Waals surface area contributed by atoms with E-state index >= 15 is 0 Å². The molecule has 0 aliphatic heterocycles. The molecule has 0 saturated heterocycles. The van der Waals surface area contributed by atoms with E-state index in [0.717, 1.165) is 5.56 Å². The van der Waals surface area contributed by atoms with Gasteiger partial charge in [0.25, 0.3) is 0 Å². The van der Waals surface area contributed by atoms with Crippen molar-refractivity contribution in [1.82, 2.24) is 4.72 Å². The van der Waals surface area contributed by atoms with Crippen LogP contribution in [-0.2, 0) is 24.9 Å². The summed E-state index contributed by atoms with van der Waals surface area (Å²) in [5.74, 6) is -0.420. The molecule has 1 N–H and O–H groups in total. The van der Waals surface area contributed by atoms with Gasteiger partial charge in [-0.2, -0.15) is 4.72 Å². The molecule has 1 aromatic rings. The lowest BCUT2D eigenvalue weighted by Crippen LogP contribution is -2.42. The maximum Gasteiger partial charge on any atom is 0.323 e. The fraction of sp³-hybridized carbons (Fsp3) is 0.500. The third-order valence-corrected chi connectivity index (χ3v) is 5.01. The molecule has 118 valence electrons. The van der Waals surface area contributed by atoms with E-state index in [1.807, 2.05) is 13.8 Å². The SMILES string of the molecule is COC(=O)C(CC(C)C)NS(=O)(=O)c1ccc(CBr)cc1. The average Bonchev–Trinajstić information content (AvgIpc) is 2.45. The number of halogens is 1. The van der Waals surface area contributed by atoms with Gasteiger partial charge in [0.15, 0.2) is 0 Å². The van der Waals surface area contributed by atoms with Gasteiger partial charge >= 0.3 is 5.97 Å². The van der Waals surface area contributed by atoms with E-state index in [2.05, 4.69) is 25.4 Å². The van der Waals surface area contributed by atoms with Gasteiger partial charge in [0.05, 0.1) is 12.0 Å². The molecule has 1 atom stereocenters. The van der Waals surface area contributed by atoms with Crippen LogP contribution < -0.4 is 4.72 Å². The zero-order valence-corrected chi connectivity index (χ0v) is 14.7. The Hall–Kier alpha value is -0.920. The van der Waals surface area contributed by atoms with Crippen LogP contribution in [0.4, 0.5) is 0 Å². The average molecular weight is 378 g/mol. The Labute approximate surface area is 134 Å². The summed E-state index contributed by atoms with van der Waals surface area (Å²) in [6.07, 6.45) is 0.380. The van der Waals surface area contributed by atoms with Crippen molar-refractivity contribution in [3.8, 4) is 0 Å².